The lowest BCUT2D eigenvalue weighted by Gasteiger charge is -2.09. The predicted octanol–water partition coefficient (Wildman–Crippen LogP) is 5.06. The zero-order valence-corrected chi connectivity index (χ0v) is 18.2. The van der Waals surface area contributed by atoms with E-state index in [4.69, 9.17) is 4.74 Å². The van der Waals surface area contributed by atoms with Crippen molar-refractivity contribution < 1.29 is 19.4 Å². The standard InChI is InChI=1S/C23H16N4O6S/c28-23(22-12-17-11-19(27(31)32)8-9-21(17)34-22)25-24-13-16-5-1-2-7-20(16)33-14-15-4-3-6-18(10-15)26(29)30/h1-13H,14H2,(H,25,28)/b24-13-. The highest BCUT2D eigenvalue weighted by molar-refractivity contribution is 7.20. The molecule has 1 N–H and O–H groups in total. The number of para-hydroxylation sites is 1. The SMILES string of the molecule is O=C(N/N=C\c1ccccc1OCc1cccc([N+](=O)[O-])c1)c1cc2cc([N+](=O)[O-])ccc2s1. The van der Waals surface area contributed by atoms with Crippen molar-refractivity contribution in [3.05, 3.63) is 109 Å². The van der Waals surface area contributed by atoms with Crippen LogP contribution in [-0.2, 0) is 6.61 Å². The molecular weight excluding hydrogens is 460 g/mol. The lowest BCUT2D eigenvalue weighted by Crippen LogP contribution is -2.16. The molecule has 4 rings (SSSR count). The van der Waals surface area contributed by atoms with Crippen LogP contribution < -0.4 is 10.2 Å². The molecule has 0 unspecified atom stereocenters. The molecule has 0 bridgehead atoms. The lowest BCUT2D eigenvalue weighted by atomic mass is 10.2. The molecule has 0 radical (unpaired) electrons. The molecule has 1 amide bonds. The predicted molar refractivity (Wildman–Crippen MR) is 127 cm³/mol. The highest BCUT2D eigenvalue weighted by Gasteiger charge is 2.13. The first-order chi connectivity index (χ1) is 16.4. The van der Waals surface area contributed by atoms with Gasteiger partial charge in [0.2, 0.25) is 0 Å². The number of hydrazone groups is 1. The first-order valence-electron chi connectivity index (χ1n) is 9.87. The molecule has 0 aliphatic rings. The van der Waals surface area contributed by atoms with Crippen molar-refractivity contribution in [2.24, 2.45) is 5.10 Å². The zero-order valence-electron chi connectivity index (χ0n) is 17.4. The van der Waals surface area contributed by atoms with E-state index in [9.17, 15) is 25.0 Å². The van der Waals surface area contributed by atoms with Gasteiger partial charge < -0.3 is 4.74 Å². The van der Waals surface area contributed by atoms with Crippen molar-refractivity contribution in [1.29, 1.82) is 0 Å². The van der Waals surface area contributed by atoms with E-state index in [1.54, 1.807) is 48.5 Å². The van der Waals surface area contributed by atoms with Crippen molar-refractivity contribution in [2.75, 3.05) is 0 Å². The first-order valence-corrected chi connectivity index (χ1v) is 10.7. The van der Waals surface area contributed by atoms with E-state index in [-0.39, 0.29) is 18.0 Å². The molecule has 3 aromatic carbocycles. The second-order valence-corrected chi connectivity index (χ2v) is 8.13. The molecular formula is C23H16N4O6S. The number of ether oxygens (including phenoxy) is 1. The van der Waals surface area contributed by atoms with E-state index in [1.165, 1.54) is 41.8 Å². The Morgan fingerprint density at radius 2 is 1.74 bits per heavy atom. The molecule has 0 aliphatic heterocycles. The van der Waals surface area contributed by atoms with Crippen LogP contribution in [0.4, 0.5) is 11.4 Å². The fraction of sp³-hybridized carbons (Fsp3) is 0.0435. The maximum absolute atomic E-state index is 12.5. The summed E-state index contributed by atoms with van der Waals surface area (Å²) in [7, 11) is 0. The Balaban J connectivity index is 1.43. The average molecular weight is 476 g/mol. The van der Waals surface area contributed by atoms with Gasteiger partial charge in [-0.15, -0.1) is 11.3 Å². The molecule has 0 fully saturated rings. The highest BCUT2D eigenvalue weighted by Crippen LogP contribution is 2.29. The molecule has 170 valence electrons. The van der Waals surface area contributed by atoms with Crippen molar-refractivity contribution in [3.8, 4) is 5.75 Å². The largest absolute Gasteiger partial charge is 0.488 e. The number of nitro benzene ring substituents is 2. The van der Waals surface area contributed by atoms with Gasteiger partial charge in [0.15, 0.2) is 0 Å². The molecule has 0 spiro atoms. The Hall–Kier alpha value is -4.64. The maximum Gasteiger partial charge on any atom is 0.281 e. The van der Waals surface area contributed by atoms with Gasteiger partial charge in [-0.25, -0.2) is 5.43 Å². The van der Waals surface area contributed by atoms with E-state index in [0.717, 1.165) is 4.70 Å². The molecule has 0 aliphatic carbocycles. The Bertz CT molecular complexity index is 1430. The number of nitrogens with zero attached hydrogens (tertiary/aromatic N) is 3. The maximum atomic E-state index is 12.5. The molecule has 0 saturated carbocycles. The van der Waals surface area contributed by atoms with Crippen LogP contribution in [-0.4, -0.2) is 22.0 Å². The van der Waals surface area contributed by atoms with E-state index < -0.39 is 15.8 Å². The number of fused-ring (bicyclic) bond motifs is 1. The minimum absolute atomic E-state index is 0.0190. The number of hydrogen-bond acceptors (Lipinski definition) is 8. The number of amides is 1. The number of hydrogen-bond donors (Lipinski definition) is 1. The number of rotatable bonds is 8. The Morgan fingerprint density at radius 3 is 2.53 bits per heavy atom. The van der Waals surface area contributed by atoms with E-state index in [2.05, 4.69) is 10.5 Å². The molecule has 0 atom stereocenters. The van der Waals surface area contributed by atoms with Crippen molar-refractivity contribution >= 4 is 44.9 Å². The second-order valence-electron chi connectivity index (χ2n) is 7.04. The summed E-state index contributed by atoms with van der Waals surface area (Å²) in [4.78, 5) is 33.7. The van der Waals surface area contributed by atoms with Crippen LogP contribution in [0.5, 0.6) is 5.75 Å². The average Bonchev–Trinajstić information content (AvgIpc) is 3.27. The second kappa shape index (κ2) is 9.88. The third-order valence-corrected chi connectivity index (χ3v) is 5.85. The molecule has 0 saturated heterocycles. The zero-order chi connectivity index (χ0) is 24.1. The van der Waals surface area contributed by atoms with Crippen molar-refractivity contribution in [1.82, 2.24) is 5.43 Å². The van der Waals surface area contributed by atoms with E-state index in [0.29, 0.717) is 27.1 Å². The van der Waals surface area contributed by atoms with Crippen molar-refractivity contribution in [3.63, 3.8) is 0 Å². The first kappa shape index (κ1) is 22.6. The van der Waals surface area contributed by atoms with Crippen LogP contribution in [0.25, 0.3) is 10.1 Å². The van der Waals surface area contributed by atoms with Gasteiger partial charge in [-0.05, 0) is 29.8 Å². The number of benzene rings is 3. The fourth-order valence-electron chi connectivity index (χ4n) is 3.11. The van der Waals surface area contributed by atoms with Gasteiger partial charge in [-0.1, -0.05) is 24.3 Å². The van der Waals surface area contributed by atoms with Gasteiger partial charge in [-0.2, -0.15) is 5.10 Å². The lowest BCUT2D eigenvalue weighted by molar-refractivity contribution is -0.385. The summed E-state index contributed by atoms with van der Waals surface area (Å²) in [5.74, 6) is 0.0382. The number of nitrogens with one attached hydrogen (secondary N) is 1. The molecule has 1 aromatic heterocycles. The van der Waals surface area contributed by atoms with Crippen LogP contribution in [0.2, 0.25) is 0 Å². The third kappa shape index (κ3) is 5.22. The summed E-state index contributed by atoms with van der Waals surface area (Å²) in [6.07, 6.45) is 1.43. The van der Waals surface area contributed by atoms with Crippen LogP contribution in [0.15, 0.2) is 77.9 Å². The van der Waals surface area contributed by atoms with Crippen molar-refractivity contribution in [2.45, 2.75) is 6.61 Å². The number of carbonyl (C=O) groups is 1. The summed E-state index contributed by atoms with van der Waals surface area (Å²) in [6, 6.07) is 19.2. The van der Waals surface area contributed by atoms with Crippen LogP contribution >= 0.6 is 11.3 Å². The number of non-ortho nitro benzene ring substituents is 2. The van der Waals surface area contributed by atoms with Gasteiger partial charge >= 0.3 is 0 Å². The van der Waals surface area contributed by atoms with E-state index in [1.807, 2.05) is 0 Å². The topological polar surface area (TPSA) is 137 Å². The van der Waals surface area contributed by atoms with Crippen LogP contribution in [0, 0.1) is 20.2 Å². The smallest absolute Gasteiger partial charge is 0.281 e. The van der Waals surface area contributed by atoms with Gasteiger partial charge in [-0.3, -0.25) is 25.0 Å². The molecule has 1 heterocycles. The highest BCUT2D eigenvalue weighted by atomic mass is 32.1. The van der Waals surface area contributed by atoms with Gasteiger partial charge in [0.05, 0.1) is 20.9 Å². The third-order valence-electron chi connectivity index (χ3n) is 4.74. The van der Waals surface area contributed by atoms with Gasteiger partial charge in [0.1, 0.15) is 12.4 Å². The molecule has 11 heteroatoms. The molecule has 10 nitrogen and oxygen atoms in total. The summed E-state index contributed by atoms with van der Waals surface area (Å²) < 4.78 is 6.54. The minimum atomic E-state index is -0.486. The summed E-state index contributed by atoms with van der Waals surface area (Å²) in [6.45, 7) is 0.118. The van der Waals surface area contributed by atoms with Crippen LogP contribution in [0.3, 0.4) is 0 Å². The fourth-order valence-corrected chi connectivity index (χ4v) is 4.04. The number of nitro groups is 2. The monoisotopic (exact) mass is 476 g/mol. The summed E-state index contributed by atoms with van der Waals surface area (Å²) in [5, 5.41) is 26.5. The van der Waals surface area contributed by atoms with Gasteiger partial charge in [0.25, 0.3) is 17.3 Å². The summed E-state index contributed by atoms with van der Waals surface area (Å²) in [5.41, 5.74) is 3.62. The number of thiophene rings is 1. The number of carbonyl (C=O) groups excluding carboxylic acids is 1. The summed E-state index contributed by atoms with van der Waals surface area (Å²) >= 11 is 1.20. The Labute approximate surface area is 196 Å². The Morgan fingerprint density at radius 1 is 0.971 bits per heavy atom. The Kier molecular flexibility index (Phi) is 6.55. The molecule has 4 aromatic rings. The molecule has 34 heavy (non-hydrogen) atoms. The van der Waals surface area contributed by atoms with Crippen LogP contribution in [0.1, 0.15) is 20.8 Å². The van der Waals surface area contributed by atoms with E-state index >= 15 is 0 Å². The quantitative estimate of drug-likeness (QED) is 0.214. The minimum Gasteiger partial charge on any atom is -0.488 e. The van der Waals surface area contributed by atoms with Gasteiger partial charge in [0, 0.05) is 39.9 Å². The normalized spacial score (nSPS) is 10.9.